The second-order valence-electron chi connectivity index (χ2n) is 6.35. The summed E-state index contributed by atoms with van der Waals surface area (Å²) in [5, 5.41) is 6.77. The summed E-state index contributed by atoms with van der Waals surface area (Å²) in [6, 6.07) is 18.9. The van der Waals surface area contributed by atoms with E-state index in [0.29, 0.717) is 33.9 Å². The molecule has 0 heterocycles. The summed E-state index contributed by atoms with van der Waals surface area (Å²) >= 11 is 3.34. The molecule has 3 aromatic rings. The van der Waals surface area contributed by atoms with Crippen molar-refractivity contribution >= 4 is 39.6 Å². The van der Waals surface area contributed by atoms with Gasteiger partial charge in [0.15, 0.2) is 0 Å². The van der Waals surface area contributed by atoms with Crippen LogP contribution < -0.4 is 20.2 Å². The van der Waals surface area contributed by atoms with Crippen LogP contribution in [0.3, 0.4) is 0 Å². The van der Waals surface area contributed by atoms with Gasteiger partial charge in [0.25, 0.3) is 11.8 Å². The number of benzene rings is 3. The lowest BCUT2D eigenvalue weighted by atomic mass is 10.1. The molecule has 7 nitrogen and oxygen atoms in total. The van der Waals surface area contributed by atoms with Gasteiger partial charge in [-0.05, 0) is 48.5 Å². The van der Waals surface area contributed by atoms with E-state index in [-0.39, 0.29) is 5.91 Å². The fourth-order valence-corrected chi connectivity index (χ4v) is 3.12. The lowest BCUT2D eigenvalue weighted by Crippen LogP contribution is -2.18. The number of amides is 2. The first-order chi connectivity index (χ1) is 15.0. The summed E-state index contributed by atoms with van der Waals surface area (Å²) in [7, 11) is 3.11. The Morgan fingerprint density at radius 3 is 2.35 bits per heavy atom. The van der Waals surface area contributed by atoms with Crippen molar-refractivity contribution in [2.24, 2.45) is 5.10 Å². The molecule has 0 atom stereocenters. The zero-order valence-electron chi connectivity index (χ0n) is 16.9. The number of nitrogens with zero attached hydrogens (tertiary/aromatic N) is 1. The van der Waals surface area contributed by atoms with Crippen LogP contribution in [0.5, 0.6) is 11.5 Å². The average molecular weight is 482 g/mol. The number of ether oxygens (including phenoxy) is 2. The molecule has 0 saturated carbocycles. The van der Waals surface area contributed by atoms with Crippen molar-refractivity contribution in [3.05, 3.63) is 87.9 Å². The molecule has 0 bridgehead atoms. The SMILES string of the molecule is COc1ccc(C=NNC(=O)c2cccc(NC(=O)c3cccc(Br)c3)c2)c(OC)c1. The third kappa shape index (κ3) is 5.93. The molecule has 0 radical (unpaired) electrons. The second kappa shape index (κ2) is 10.4. The lowest BCUT2D eigenvalue weighted by molar-refractivity contribution is 0.0953. The number of hydrogen-bond donors (Lipinski definition) is 2. The number of carbonyl (C=O) groups excluding carboxylic acids is 2. The Balaban J connectivity index is 1.66. The van der Waals surface area contributed by atoms with Gasteiger partial charge in [-0.25, -0.2) is 5.43 Å². The quantitative estimate of drug-likeness (QED) is 0.384. The predicted molar refractivity (Wildman–Crippen MR) is 123 cm³/mol. The molecule has 3 rings (SSSR count). The van der Waals surface area contributed by atoms with Gasteiger partial charge in [-0.15, -0.1) is 0 Å². The number of halogens is 1. The number of carbonyl (C=O) groups is 2. The lowest BCUT2D eigenvalue weighted by Gasteiger charge is -2.08. The number of rotatable bonds is 7. The highest BCUT2D eigenvalue weighted by Gasteiger charge is 2.10. The largest absolute Gasteiger partial charge is 0.497 e. The van der Waals surface area contributed by atoms with E-state index in [1.165, 1.54) is 6.21 Å². The van der Waals surface area contributed by atoms with Gasteiger partial charge in [-0.2, -0.15) is 5.10 Å². The Morgan fingerprint density at radius 1 is 0.903 bits per heavy atom. The normalized spacial score (nSPS) is 10.5. The van der Waals surface area contributed by atoms with Crippen LogP contribution in [0.4, 0.5) is 5.69 Å². The predicted octanol–water partition coefficient (Wildman–Crippen LogP) is 4.48. The first kappa shape index (κ1) is 22.0. The number of nitrogens with one attached hydrogen (secondary N) is 2. The van der Waals surface area contributed by atoms with Gasteiger partial charge in [0.2, 0.25) is 0 Å². The summed E-state index contributed by atoms with van der Waals surface area (Å²) in [4.78, 5) is 24.9. The number of hydrazone groups is 1. The van der Waals surface area contributed by atoms with Gasteiger partial charge in [0, 0.05) is 32.9 Å². The fraction of sp³-hybridized carbons (Fsp3) is 0.0870. The molecule has 0 aliphatic carbocycles. The molecule has 158 valence electrons. The summed E-state index contributed by atoms with van der Waals surface area (Å²) in [6.07, 6.45) is 1.48. The molecule has 31 heavy (non-hydrogen) atoms. The number of anilines is 1. The van der Waals surface area contributed by atoms with Crippen molar-refractivity contribution < 1.29 is 19.1 Å². The van der Waals surface area contributed by atoms with Crippen molar-refractivity contribution in [3.63, 3.8) is 0 Å². The third-order valence-electron chi connectivity index (χ3n) is 4.28. The Bertz CT molecular complexity index is 1130. The van der Waals surface area contributed by atoms with Crippen molar-refractivity contribution in [2.45, 2.75) is 0 Å². The molecule has 0 aliphatic rings. The van der Waals surface area contributed by atoms with Crippen molar-refractivity contribution in [1.29, 1.82) is 0 Å². The summed E-state index contributed by atoms with van der Waals surface area (Å²) in [5.74, 6) is 0.528. The maximum Gasteiger partial charge on any atom is 0.271 e. The van der Waals surface area contributed by atoms with E-state index in [9.17, 15) is 9.59 Å². The van der Waals surface area contributed by atoms with Crippen molar-refractivity contribution in [1.82, 2.24) is 5.43 Å². The van der Waals surface area contributed by atoms with Crippen LogP contribution in [0.15, 0.2) is 76.3 Å². The smallest absolute Gasteiger partial charge is 0.271 e. The molecule has 8 heteroatoms. The minimum Gasteiger partial charge on any atom is -0.497 e. The van der Waals surface area contributed by atoms with E-state index < -0.39 is 5.91 Å². The molecule has 0 saturated heterocycles. The van der Waals surface area contributed by atoms with Crippen molar-refractivity contribution in [3.8, 4) is 11.5 Å². The summed E-state index contributed by atoms with van der Waals surface area (Å²) in [5.41, 5.74) is 4.50. The maximum absolute atomic E-state index is 12.4. The van der Waals surface area contributed by atoms with E-state index in [4.69, 9.17) is 9.47 Å². The van der Waals surface area contributed by atoms with Gasteiger partial charge in [-0.3, -0.25) is 9.59 Å². The molecular weight excluding hydrogens is 462 g/mol. The molecule has 3 aromatic carbocycles. The fourth-order valence-electron chi connectivity index (χ4n) is 2.72. The van der Waals surface area contributed by atoms with E-state index in [1.54, 1.807) is 74.9 Å². The van der Waals surface area contributed by atoms with Crippen LogP contribution in [0.1, 0.15) is 26.3 Å². The Labute approximate surface area is 188 Å². The summed E-state index contributed by atoms with van der Waals surface area (Å²) < 4.78 is 11.3. The minimum absolute atomic E-state index is 0.275. The first-order valence-corrected chi connectivity index (χ1v) is 10.0. The average Bonchev–Trinajstić information content (AvgIpc) is 2.79. The highest BCUT2D eigenvalue weighted by atomic mass is 79.9. The van der Waals surface area contributed by atoms with E-state index >= 15 is 0 Å². The topological polar surface area (TPSA) is 89.0 Å². The summed E-state index contributed by atoms with van der Waals surface area (Å²) in [6.45, 7) is 0. The molecule has 2 N–H and O–H groups in total. The molecular formula is C23H20BrN3O4. The Hall–Kier alpha value is -3.65. The Morgan fingerprint density at radius 2 is 1.65 bits per heavy atom. The number of methoxy groups -OCH3 is 2. The van der Waals surface area contributed by atoms with E-state index in [0.717, 1.165) is 4.47 Å². The highest BCUT2D eigenvalue weighted by Crippen LogP contribution is 2.23. The van der Waals surface area contributed by atoms with Crippen LogP contribution in [-0.2, 0) is 0 Å². The van der Waals surface area contributed by atoms with Gasteiger partial charge < -0.3 is 14.8 Å². The zero-order chi connectivity index (χ0) is 22.2. The van der Waals surface area contributed by atoms with E-state index in [1.807, 2.05) is 6.07 Å². The van der Waals surface area contributed by atoms with Crippen LogP contribution in [0.25, 0.3) is 0 Å². The third-order valence-corrected chi connectivity index (χ3v) is 4.77. The van der Waals surface area contributed by atoms with Crippen LogP contribution in [0, 0.1) is 0 Å². The molecule has 0 aromatic heterocycles. The molecule has 0 fully saturated rings. The van der Waals surface area contributed by atoms with Crippen LogP contribution >= 0.6 is 15.9 Å². The monoisotopic (exact) mass is 481 g/mol. The van der Waals surface area contributed by atoms with Gasteiger partial charge >= 0.3 is 0 Å². The van der Waals surface area contributed by atoms with Gasteiger partial charge in [0.1, 0.15) is 11.5 Å². The molecule has 0 spiro atoms. The van der Waals surface area contributed by atoms with Crippen LogP contribution in [0.2, 0.25) is 0 Å². The molecule has 0 unspecified atom stereocenters. The molecule has 0 aliphatic heterocycles. The maximum atomic E-state index is 12.4. The number of hydrogen-bond acceptors (Lipinski definition) is 5. The molecule has 2 amide bonds. The van der Waals surface area contributed by atoms with Gasteiger partial charge in [-0.1, -0.05) is 28.1 Å². The van der Waals surface area contributed by atoms with Crippen LogP contribution in [-0.4, -0.2) is 32.2 Å². The first-order valence-electron chi connectivity index (χ1n) is 9.22. The zero-order valence-corrected chi connectivity index (χ0v) is 18.5. The van der Waals surface area contributed by atoms with Crippen molar-refractivity contribution in [2.75, 3.05) is 19.5 Å². The van der Waals surface area contributed by atoms with E-state index in [2.05, 4.69) is 31.8 Å². The standard InChI is InChI=1S/C23H20BrN3O4/c1-30-20-10-9-17(21(13-20)31-2)14-25-27-23(29)16-6-4-8-19(12-16)26-22(28)15-5-3-7-18(24)11-15/h3-14H,1-2H3,(H,26,28)(H,27,29). The Kier molecular flexibility index (Phi) is 7.40. The highest BCUT2D eigenvalue weighted by molar-refractivity contribution is 9.10. The minimum atomic E-state index is -0.415. The second-order valence-corrected chi connectivity index (χ2v) is 7.27. The van der Waals surface area contributed by atoms with Gasteiger partial charge in [0.05, 0.1) is 20.4 Å².